The van der Waals surface area contributed by atoms with Gasteiger partial charge in [0, 0.05) is 13.0 Å². The zero-order chi connectivity index (χ0) is 13.4. The first-order valence-electron chi connectivity index (χ1n) is 5.72. The summed E-state index contributed by atoms with van der Waals surface area (Å²) >= 11 is 0. The molecule has 0 bridgehead atoms. The molecule has 0 aromatic rings. The fraction of sp³-hybridized carbons (Fsp3) is 0.800. The summed E-state index contributed by atoms with van der Waals surface area (Å²) in [4.78, 5) is 25.3. The number of aliphatic hydroxyl groups excluding tert-OH is 3. The van der Waals surface area contributed by atoms with Crippen LogP contribution in [0.25, 0.3) is 0 Å². The van der Waals surface area contributed by atoms with Crippen LogP contribution in [-0.2, 0) is 4.79 Å². The average molecular weight is 260 g/mol. The van der Waals surface area contributed by atoms with Gasteiger partial charge in [-0.2, -0.15) is 0 Å². The molecule has 0 radical (unpaired) electrons. The predicted octanol–water partition coefficient (Wildman–Crippen LogP) is -2.34. The first-order valence-corrected chi connectivity index (χ1v) is 5.72. The largest absolute Gasteiger partial charge is 0.480 e. The molecule has 2 fully saturated rings. The second-order valence-electron chi connectivity index (χ2n) is 4.72. The molecule has 0 aromatic carbocycles. The Morgan fingerprint density at radius 1 is 1.00 bits per heavy atom. The topological polar surface area (TPSA) is 122 Å². The lowest BCUT2D eigenvalue weighted by atomic mass is 10.2. The third-order valence-electron chi connectivity index (χ3n) is 3.34. The van der Waals surface area contributed by atoms with E-state index in [0.29, 0.717) is 0 Å². The third-order valence-corrected chi connectivity index (χ3v) is 3.34. The molecule has 8 heteroatoms. The van der Waals surface area contributed by atoms with Crippen LogP contribution in [0.5, 0.6) is 0 Å². The molecule has 8 nitrogen and oxygen atoms in total. The summed E-state index contributed by atoms with van der Waals surface area (Å²) in [6.45, 7) is -0.101. The van der Waals surface area contributed by atoms with Crippen molar-refractivity contribution in [2.75, 3.05) is 19.6 Å². The molecule has 0 spiro atoms. The number of hydrogen-bond acceptors (Lipinski definition) is 5. The molecular formula is C10H16N2O6. The fourth-order valence-electron chi connectivity index (χ4n) is 2.37. The van der Waals surface area contributed by atoms with Gasteiger partial charge < -0.3 is 30.2 Å². The van der Waals surface area contributed by atoms with Crippen LogP contribution < -0.4 is 0 Å². The Bertz CT molecular complexity index is 352. The van der Waals surface area contributed by atoms with Gasteiger partial charge in [-0.25, -0.2) is 9.59 Å². The summed E-state index contributed by atoms with van der Waals surface area (Å²) < 4.78 is 0. The highest BCUT2D eigenvalue weighted by atomic mass is 16.4. The van der Waals surface area contributed by atoms with Crippen LogP contribution in [0.3, 0.4) is 0 Å². The normalized spacial score (nSPS) is 36.2. The number of hydrogen-bond donors (Lipinski definition) is 4. The van der Waals surface area contributed by atoms with E-state index in [9.17, 15) is 24.9 Å². The minimum absolute atomic E-state index is 0.0000203. The highest BCUT2D eigenvalue weighted by molar-refractivity contribution is 5.83. The maximum absolute atomic E-state index is 12.1. The van der Waals surface area contributed by atoms with Gasteiger partial charge in [0.05, 0.1) is 31.4 Å². The van der Waals surface area contributed by atoms with Gasteiger partial charge in [-0.3, -0.25) is 0 Å². The van der Waals surface area contributed by atoms with Crippen molar-refractivity contribution in [2.45, 2.75) is 30.8 Å². The van der Waals surface area contributed by atoms with Crippen LogP contribution >= 0.6 is 0 Å². The minimum atomic E-state index is -1.17. The zero-order valence-corrected chi connectivity index (χ0v) is 9.64. The van der Waals surface area contributed by atoms with Crippen molar-refractivity contribution >= 4 is 12.0 Å². The van der Waals surface area contributed by atoms with E-state index in [4.69, 9.17) is 5.11 Å². The lowest BCUT2D eigenvalue weighted by Crippen LogP contribution is -2.47. The number of nitrogens with zero attached hydrogens (tertiary/aromatic N) is 2. The van der Waals surface area contributed by atoms with Crippen molar-refractivity contribution in [1.82, 2.24) is 9.80 Å². The van der Waals surface area contributed by atoms with Crippen LogP contribution in [0, 0.1) is 0 Å². The van der Waals surface area contributed by atoms with Gasteiger partial charge >= 0.3 is 12.0 Å². The molecule has 2 rings (SSSR count). The molecule has 18 heavy (non-hydrogen) atoms. The Morgan fingerprint density at radius 3 is 2.06 bits per heavy atom. The number of likely N-dealkylation sites (tertiary alicyclic amines) is 2. The smallest absolute Gasteiger partial charge is 0.326 e. The van der Waals surface area contributed by atoms with Crippen LogP contribution in [0.15, 0.2) is 0 Å². The van der Waals surface area contributed by atoms with Gasteiger partial charge in [0.15, 0.2) is 0 Å². The summed E-state index contributed by atoms with van der Waals surface area (Å²) in [7, 11) is 0. The Morgan fingerprint density at radius 2 is 1.56 bits per heavy atom. The van der Waals surface area contributed by atoms with Crippen LogP contribution in [0.2, 0.25) is 0 Å². The molecule has 4 N–H and O–H groups in total. The van der Waals surface area contributed by atoms with Gasteiger partial charge in [0.25, 0.3) is 0 Å². The number of aliphatic carboxylic acids is 1. The minimum Gasteiger partial charge on any atom is -0.480 e. The lowest BCUT2D eigenvalue weighted by Gasteiger charge is -2.26. The second-order valence-corrected chi connectivity index (χ2v) is 4.72. The Balaban J connectivity index is 2.06. The van der Waals surface area contributed by atoms with Crippen molar-refractivity contribution < 1.29 is 30.0 Å². The standard InChI is InChI=1S/C10H16N2O6/c13-5-1-6(9(16)17)12(2-5)10(18)11-3-7(14)8(15)4-11/h5-8,13-15H,1-4H2,(H,16,17)/t5-,6-,7?,8?/m0/s1. The van der Waals surface area contributed by atoms with Crippen LogP contribution in [0.4, 0.5) is 4.79 Å². The summed E-state index contributed by atoms with van der Waals surface area (Å²) in [5.74, 6) is -1.17. The second kappa shape index (κ2) is 4.71. The van der Waals surface area contributed by atoms with E-state index in [-0.39, 0.29) is 26.1 Å². The third kappa shape index (κ3) is 2.26. The Labute approximate surface area is 103 Å². The van der Waals surface area contributed by atoms with Gasteiger partial charge in [-0.05, 0) is 0 Å². The van der Waals surface area contributed by atoms with Crippen molar-refractivity contribution in [3.05, 3.63) is 0 Å². The Hall–Kier alpha value is -1.38. The monoisotopic (exact) mass is 260 g/mol. The number of carboxylic acids is 1. The first kappa shape index (κ1) is 13.1. The molecule has 2 saturated heterocycles. The van der Waals surface area contributed by atoms with E-state index in [1.165, 1.54) is 4.90 Å². The number of urea groups is 1. The summed E-state index contributed by atoms with van der Waals surface area (Å²) in [6, 6.07) is -1.63. The summed E-state index contributed by atoms with van der Waals surface area (Å²) in [5.41, 5.74) is 0. The number of carbonyl (C=O) groups excluding carboxylic acids is 1. The zero-order valence-electron chi connectivity index (χ0n) is 9.64. The van der Waals surface area contributed by atoms with Crippen LogP contribution in [-0.4, -0.2) is 86.2 Å². The predicted molar refractivity (Wildman–Crippen MR) is 57.7 cm³/mol. The molecule has 2 aliphatic rings. The molecule has 2 unspecified atom stereocenters. The van der Waals surface area contributed by atoms with Crippen molar-refractivity contribution in [1.29, 1.82) is 0 Å². The summed E-state index contributed by atoms with van der Waals surface area (Å²) in [5, 5.41) is 37.1. The molecular weight excluding hydrogens is 244 g/mol. The van der Waals surface area contributed by atoms with Crippen molar-refractivity contribution in [3.8, 4) is 0 Å². The van der Waals surface area contributed by atoms with Crippen molar-refractivity contribution in [3.63, 3.8) is 0 Å². The number of carboxylic acid groups (broad SMARTS) is 1. The Kier molecular flexibility index (Phi) is 3.42. The maximum Gasteiger partial charge on any atom is 0.326 e. The molecule has 2 amide bonds. The summed E-state index contributed by atoms with van der Waals surface area (Å²) in [6.07, 6.45) is -2.87. The number of amides is 2. The highest BCUT2D eigenvalue weighted by Crippen LogP contribution is 2.22. The fourth-order valence-corrected chi connectivity index (χ4v) is 2.37. The number of aliphatic hydroxyl groups is 3. The van der Waals surface area contributed by atoms with Gasteiger partial charge in [0.2, 0.25) is 0 Å². The van der Waals surface area contributed by atoms with E-state index in [1.807, 2.05) is 0 Å². The van der Waals surface area contributed by atoms with Gasteiger partial charge in [0.1, 0.15) is 6.04 Å². The molecule has 102 valence electrons. The number of β-amino-alcohol motifs (C(OH)–C–C–N with tert-alkyl or cyclic N) is 3. The van der Waals surface area contributed by atoms with Gasteiger partial charge in [-0.1, -0.05) is 0 Å². The first-order chi connectivity index (χ1) is 8.40. The van der Waals surface area contributed by atoms with Crippen molar-refractivity contribution in [2.24, 2.45) is 0 Å². The lowest BCUT2D eigenvalue weighted by molar-refractivity contribution is -0.141. The SMILES string of the molecule is O=C(O)[C@@H]1C[C@H](O)CN1C(=O)N1CC(O)C(O)C1. The average Bonchev–Trinajstić information content (AvgIpc) is 2.82. The number of carbonyl (C=O) groups is 2. The molecule has 2 heterocycles. The van der Waals surface area contributed by atoms with E-state index >= 15 is 0 Å². The molecule has 0 aliphatic carbocycles. The molecule has 0 saturated carbocycles. The maximum atomic E-state index is 12.1. The molecule has 0 aromatic heterocycles. The highest BCUT2D eigenvalue weighted by Gasteiger charge is 2.43. The quantitative estimate of drug-likeness (QED) is 0.419. The van der Waals surface area contributed by atoms with Crippen LogP contribution in [0.1, 0.15) is 6.42 Å². The molecule has 2 aliphatic heterocycles. The van der Waals surface area contributed by atoms with E-state index in [0.717, 1.165) is 4.90 Å². The van der Waals surface area contributed by atoms with Gasteiger partial charge in [-0.15, -0.1) is 0 Å². The van der Waals surface area contributed by atoms with E-state index in [2.05, 4.69) is 0 Å². The van der Waals surface area contributed by atoms with E-state index < -0.39 is 36.4 Å². The van der Waals surface area contributed by atoms with E-state index in [1.54, 1.807) is 0 Å². The number of rotatable bonds is 1. The molecule has 4 atom stereocenters.